The molecule has 0 unspecified atom stereocenters. The predicted octanol–water partition coefficient (Wildman–Crippen LogP) is 10.8. The van der Waals surface area contributed by atoms with Crippen molar-refractivity contribution in [1.82, 2.24) is 9.13 Å². The number of nitriles is 3. The zero-order valence-electron chi connectivity index (χ0n) is 26.7. The van der Waals surface area contributed by atoms with Crippen LogP contribution in [0.25, 0.3) is 77.2 Å². The average Bonchev–Trinajstić information content (AvgIpc) is 3.70. The van der Waals surface area contributed by atoms with Crippen LogP contribution >= 0.6 is 0 Å². The molecular formula is C45H25N5. The molecule has 0 aliphatic heterocycles. The van der Waals surface area contributed by atoms with Crippen LogP contribution in [-0.4, -0.2) is 9.13 Å². The lowest BCUT2D eigenvalue weighted by Crippen LogP contribution is -1.99. The number of aromatic nitrogens is 2. The van der Waals surface area contributed by atoms with E-state index in [-0.39, 0.29) is 0 Å². The smallest absolute Gasteiger partial charge is 0.0998 e. The summed E-state index contributed by atoms with van der Waals surface area (Å²) in [5, 5.41) is 33.8. The summed E-state index contributed by atoms with van der Waals surface area (Å²) in [6, 6.07) is 57.9. The van der Waals surface area contributed by atoms with Crippen LogP contribution in [0.4, 0.5) is 0 Å². The third-order valence-electron chi connectivity index (χ3n) is 9.62. The van der Waals surface area contributed by atoms with Gasteiger partial charge in [0.15, 0.2) is 0 Å². The van der Waals surface area contributed by atoms with Crippen LogP contribution < -0.4 is 0 Å². The molecule has 5 heteroatoms. The van der Waals surface area contributed by atoms with Crippen molar-refractivity contribution in [1.29, 1.82) is 15.8 Å². The Morgan fingerprint density at radius 3 is 1.80 bits per heavy atom. The Kier molecular flexibility index (Phi) is 6.56. The molecule has 9 aromatic rings. The summed E-state index contributed by atoms with van der Waals surface area (Å²) in [7, 11) is 0. The van der Waals surface area contributed by atoms with Gasteiger partial charge in [-0.2, -0.15) is 15.8 Å². The Balaban J connectivity index is 1.29. The lowest BCUT2D eigenvalue weighted by atomic mass is 9.91. The minimum Gasteiger partial charge on any atom is -0.309 e. The van der Waals surface area contributed by atoms with Crippen molar-refractivity contribution in [3.63, 3.8) is 0 Å². The highest BCUT2D eigenvalue weighted by atomic mass is 15.0. The van der Waals surface area contributed by atoms with Gasteiger partial charge in [-0.15, -0.1) is 0 Å². The van der Waals surface area contributed by atoms with Gasteiger partial charge < -0.3 is 9.13 Å². The molecule has 7 aromatic carbocycles. The standard InChI is InChI=1S/C45H25N5/c46-26-29-19-21-34(38(23-29)37-14-3-6-17-42(37)50-40-15-4-1-12-35(40)36-13-2-5-16-41(36)50)31-9-7-11-33(25-31)49-43-22-20-30(27-47)24-39(43)45-32(28-48)10-8-18-44(45)49/h1-25H. The van der Waals surface area contributed by atoms with Crippen LogP contribution in [-0.2, 0) is 0 Å². The number of hydrogen-bond donors (Lipinski definition) is 0. The largest absolute Gasteiger partial charge is 0.309 e. The maximum atomic E-state index is 10.1. The molecule has 9 rings (SSSR count). The van der Waals surface area contributed by atoms with E-state index < -0.39 is 0 Å². The molecule has 0 aliphatic carbocycles. The first-order valence-corrected chi connectivity index (χ1v) is 16.3. The Morgan fingerprint density at radius 2 is 1.04 bits per heavy atom. The fourth-order valence-electron chi connectivity index (χ4n) is 7.49. The van der Waals surface area contributed by atoms with Gasteiger partial charge in [-0.25, -0.2) is 0 Å². The molecule has 0 saturated heterocycles. The number of fused-ring (bicyclic) bond motifs is 6. The molecule has 0 fully saturated rings. The van der Waals surface area contributed by atoms with Crippen LogP contribution in [0, 0.1) is 34.0 Å². The first-order valence-electron chi connectivity index (χ1n) is 16.3. The van der Waals surface area contributed by atoms with Crippen molar-refractivity contribution >= 4 is 43.6 Å². The van der Waals surface area contributed by atoms with Gasteiger partial charge in [0.25, 0.3) is 0 Å². The van der Waals surface area contributed by atoms with E-state index in [1.54, 1.807) is 0 Å². The SMILES string of the molecule is N#Cc1ccc(-c2cccc(-n3c4ccc(C#N)cc4c4c(C#N)cccc43)c2)c(-c2ccccc2-n2c3ccccc3c3ccccc32)c1. The lowest BCUT2D eigenvalue weighted by Gasteiger charge is -2.18. The topological polar surface area (TPSA) is 81.2 Å². The third kappa shape index (κ3) is 4.31. The number of para-hydroxylation sites is 3. The molecule has 5 nitrogen and oxygen atoms in total. The second-order valence-corrected chi connectivity index (χ2v) is 12.3. The van der Waals surface area contributed by atoms with Crippen LogP contribution in [0.3, 0.4) is 0 Å². The molecule has 0 radical (unpaired) electrons. The molecule has 0 amide bonds. The van der Waals surface area contributed by atoms with Crippen LogP contribution in [0.5, 0.6) is 0 Å². The minimum absolute atomic E-state index is 0.544. The van der Waals surface area contributed by atoms with Gasteiger partial charge in [-0.1, -0.05) is 78.9 Å². The molecule has 0 spiro atoms. The summed E-state index contributed by atoms with van der Waals surface area (Å²) >= 11 is 0. The van der Waals surface area contributed by atoms with Gasteiger partial charge in [0.05, 0.1) is 62.7 Å². The zero-order valence-corrected chi connectivity index (χ0v) is 26.7. The molecule has 230 valence electrons. The normalized spacial score (nSPS) is 11.1. The van der Waals surface area contributed by atoms with Crippen LogP contribution in [0.1, 0.15) is 16.7 Å². The fourth-order valence-corrected chi connectivity index (χ4v) is 7.49. The molecule has 0 aliphatic rings. The number of hydrogen-bond acceptors (Lipinski definition) is 3. The van der Waals surface area contributed by atoms with Crippen molar-refractivity contribution in [2.24, 2.45) is 0 Å². The van der Waals surface area contributed by atoms with E-state index >= 15 is 0 Å². The maximum absolute atomic E-state index is 10.1. The van der Waals surface area contributed by atoms with Crippen molar-refractivity contribution in [2.75, 3.05) is 0 Å². The Morgan fingerprint density at radius 1 is 0.400 bits per heavy atom. The predicted molar refractivity (Wildman–Crippen MR) is 200 cm³/mol. The van der Waals surface area contributed by atoms with Crippen molar-refractivity contribution in [2.45, 2.75) is 0 Å². The molecule has 0 N–H and O–H groups in total. The van der Waals surface area contributed by atoms with E-state index in [1.807, 2.05) is 66.7 Å². The minimum atomic E-state index is 0.544. The number of rotatable bonds is 4. The number of nitrogens with zero attached hydrogens (tertiary/aromatic N) is 5. The highest BCUT2D eigenvalue weighted by molar-refractivity contribution is 6.12. The molecule has 0 saturated carbocycles. The van der Waals surface area contributed by atoms with Crippen molar-refractivity contribution in [3.8, 4) is 51.8 Å². The van der Waals surface area contributed by atoms with E-state index in [4.69, 9.17) is 0 Å². The molecule has 2 aromatic heterocycles. The first kappa shape index (κ1) is 28.8. The molecule has 0 atom stereocenters. The second-order valence-electron chi connectivity index (χ2n) is 12.3. The third-order valence-corrected chi connectivity index (χ3v) is 9.62. The summed E-state index contributed by atoms with van der Waals surface area (Å²) in [5.41, 5.74) is 11.6. The van der Waals surface area contributed by atoms with Gasteiger partial charge in [0.1, 0.15) is 0 Å². The van der Waals surface area contributed by atoms with Gasteiger partial charge in [-0.3, -0.25) is 0 Å². The molecule has 2 heterocycles. The molecule has 0 bridgehead atoms. The highest BCUT2D eigenvalue weighted by Gasteiger charge is 2.20. The van der Waals surface area contributed by atoms with Gasteiger partial charge in [0, 0.05) is 32.8 Å². The summed E-state index contributed by atoms with van der Waals surface area (Å²) in [6.45, 7) is 0. The van der Waals surface area contributed by atoms with E-state index in [2.05, 4.69) is 112 Å². The van der Waals surface area contributed by atoms with Crippen LogP contribution in [0.2, 0.25) is 0 Å². The quantitative estimate of drug-likeness (QED) is 0.193. The Hall–Kier alpha value is -7.39. The monoisotopic (exact) mass is 635 g/mol. The lowest BCUT2D eigenvalue weighted by molar-refractivity contribution is 1.18. The van der Waals surface area contributed by atoms with Crippen molar-refractivity contribution in [3.05, 3.63) is 168 Å². The second kappa shape index (κ2) is 11.4. The summed E-state index contributed by atoms with van der Waals surface area (Å²) < 4.78 is 4.48. The van der Waals surface area contributed by atoms with E-state index in [1.165, 1.54) is 10.8 Å². The summed E-state index contributed by atoms with van der Waals surface area (Å²) in [6.07, 6.45) is 0. The molecular weight excluding hydrogens is 611 g/mol. The van der Waals surface area contributed by atoms with Gasteiger partial charge >= 0.3 is 0 Å². The zero-order chi connectivity index (χ0) is 33.8. The maximum Gasteiger partial charge on any atom is 0.0998 e. The van der Waals surface area contributed by atoms with Crippen molar-refractivity contribution < 1.29 is 0 Å². The summed E-state index contributed by atoms with van der Waals surface area (Å²) in [5.74, 6) is 0. The van der Waals surface area contributed by atoms with Gasteiger partial charge in [0.2, 0.25) is 0 Å². The fraction of sp³-hybridized carbons (Fsp3) is 0. The Labute approximate surface area is 287 Å². The highest BCUT2D eigenvalue weighted by Crippen LogP contribution is 2.41. The van der Waals surface area contributed by atoms with Crippen LogP contribution in [0.15, 0.2) is 152 Å². The van der Waals surface area contributed by atoms with E-state index in [0.29, 0.717) is 16.7 Å². The summed E-state index contributed by atoms with van der Waals surface area (Å²) in [4.78, 5) is 0. The van der Waals surface area contributed by atoms with Gasteiger partial charge in [-0.05, 0) is 89.5 Å². The number of benzene rings is 7. The molecule has 50 heavy (non-hydrogen) atoms. The first-order chi connectivity index (χ1) is 24.7. The van der Waals surface area contributed by atoms with E-state index in [9.17, 15) is 15.8 Å². The average molecular weight is 636 g/mol. The Bertz CT molecular complexity index is 2920. The van der Waals surface area contributed by atoms with E-state index in [0.717, 1.165) is 66.5 Å².